The molecular formula is C25H42O5. The van der Waals surface area contributed by atoms with Crippen LogP contribution in [0.2, 0.25) is 0 Å². The Morgan fingerprint density at radius 2 is 1.80 bits per heavy atom. The van der Waals surface area contributed by atoms with Crippen LogP contribution in [0.5, 0.6) is 0 Å². The minimum Gasteiger partial charge on any atom is -0.481 e. The van der Waals surface area contributed by atoms with Crippen molar-refractivity contribution in [2.24, 2.45) is 11.8 Å². The second-order valence-electron chi connectivity index (χ2n) is 9.00. The van der Waals surface area contributed by atoms with E-state index in [0.717, 1.165) is 83.7 Å². The van der Waals surface area contributed by atoms with Gasteiger partial charge in [0.05, 0.1) is 6.10 Å². The maximum absolute atomic E-state index is 12.2. The van der Waals surface area contributed by atoms with Crippen LogP contribution >= 0.6 is 0 Å². The van der Waals surface area contributed by atoms with Crippen LogP contribution in [0.1, 0.15) is 103 Å². The zero-order valence-electron chi connectivity index (χ0n) is 18.9. The molecule has 4 atom stereocenters. The molecule has 4 unspecified atom stereocenters. The van der Waals surface area contributed by atoms with Gasteiger partial charge in [-0.2, -0.15) is 0 Å². The summed E-state index contributed by atoms with van der Waals surface area (Å²) in [5.41, 5.74) is 0. The highest BCUT2D eigenvalue weighted by Gasteiger charge is 2.36. The van der Waals surface area contributed by atoms with Crippen molar-refractivity contribution in [3.8, 4) is 0 Å². The molecule has 1 N–H and O–H groups in total. The smallest absolute Gasteiger partial charge is 0.303 e. The summed E-state index contributed by atoms with van der Waals surface area (Å²) >= 11 is 0. The number of carboxylic acids is 1. The average molecular weight is 423 g/mol. The largest absolute Gasteiger partial charge is 0.481 e. The number of hydrogen-bond donors (Lipinski definition) is 1. The minimum absolute atomic E-state index is 0.0692. The van der Waals surface area contributed by atoms with Gasteiger partial charge < -0.3 is 14.6 Å². The molecule has 30 heavy (non-hydrogen) atoms. The van der Waals surface area contributed by atoms with E-state index in [1.165, 1.54) is 6.42 Å². The van der Waals surface area contributed by atoms with E-state index >= 15 is 0 Å². The summed E-state index contributed by atoms with van der Waals surface area (Å²) in [6.45, 7) is 2.95. The van der Waals surface area contributed by atoms with Gasteiger partial charge in [0.25, 0.3) is 0 Å². The van der Waals surface area contributed by atoms with E-state index in [-0.39, 0.29) is 24.6 Å². The van der Waals surface area contributed by atoms with E-state index in [4.69, 9.17) is 14.6 Å². The summed E-state index contributed by atoms with van der Waals surface area (Å²) in [4.78, 5) is 22.8. The van der Waals surface area contributed by atoms with Gasteiger partial charge in [-0.1, -0.05) is 45.1 Å². The average Bonchev–Trinajstić information content (AvgIpc) is 3.11. The molecule has 0 bridgehead atoms. The lowest BCUT2D eigenvalue weighted by molar-refractivity contribution is -0.195. The normalized spacial score (nSPS) is 27.0. The van der Waals surface area contributed by atoms with Crippen molar-refractivity contribution < 1.29 is 24.2 Å². The first-order chi connectivity index (χ1) is 14.6. The van der Waals surface area contributed by atoms with Crippen LogP contribution in [0.3, 0.4) is 0 Å². The predicted octanol–water partition coefficient (Wildman–Crippen LogP) is 6.06. The summed E-state index contributed by atoms with van der Waals surface area (Å²) in [6, 6.07) is 0. The summed E-state index contributed by atoms with van der Waals surface area (Å²) in [5.74, 6) is 0.360. The second kappa shape index (κ2) is 14.7. The van der Waals surface area contributed by atoms with E-state index in [0.29, 0.717) is 18.3 Å². The van der Waals surface area contributed by atoms with Gasteiger partial charge in [-0.25, -0.2) is 0 Å². The number of ether oxygens (including phenoxy) is 2. The Morgan fingerprint density at radius 3 is 2.53 bits per heavy atom. The molecule has 2 rings (SSSR count). The first-order valence-corrected chi connectivity index (χ1v) is 12.3. The molecule has 0 amide bonds. The van der Waals surface area contributed by atoms with Crippen LogP contribution in [0.4, 0.5) is 0 Å². The number of allylic oxidation sites excluding steroid dienone is 2. The van der Waals surface area contributed by atoms with E-state index in [1.807, 2.05) is 6.08 Å². The van der Waals surface area contributed by atoms with Gasteiger partial charge in [0, 0.05) is 19.4 Å². The van der Waals surface area contributed by atoms with Crippen molar-refractivity contribution >= 4 is 11.8 Å². The molecule has 0 aromatic rings. The first-order valence-electron chi connectivity index (χ1n) is 12.3. The van der Waals surface area contributed by atoms with Gasteiger partial charge in [0.1, 0.15) is 0 Å². The second-order valence-corrected chi connectivity index (χ2v) is 9.00. The number of aliphatic carboxylic acids is 1. The third kappa shape index (κ3) is 9.74. The highest BCUT2D eigenvalue weighted by atomic mass is 16.7. The molecule has 1 aliphatic heterocycles. The van der Waals surface area contributed by atoms with Gasteiger partial charge in [0.15, 0.2) is 12.1 Å². The molecule has 2 fully saturated rings. The number of hydrogen-bond acceptors (Lipinski definition) is 4. The van der Waals surface area contributed by atoms with Crippen molar-refractivity contribution in [1.29, 1.82) is 0 Å². The molecule has 1 saturated heterocycles. The van der Waals surface area contributed by atoms with E-state index in [9.17, 15) is 9.59 Å². The fourth-order valence-corrected chi connectivity index (χ4v) is 4.76. The standard InChI is InChI=1S/C25H42O5/c1-2-3-6-11-21(26)17-15-20-16-18-23(30-25-14-9-10-19-29-25)22(20)12-7-4-5-8-13-24(27)28/h15,17,20,22-23,25H,2-14,16,18-19H2,1H3,(H,27,28). The van der Waals surface area contributed by atoms with Gasteiger partial charge in [0.2, 0.25) is 0 Å². The zero-order valence-corrected chi connectivity index (χ0v) is 18.9. The number of unbranched alkanes of at least 4 members (excludes halogenated alkanes) is 5. The highest BCUT2D eigenvalue weighted by molar-refractivity contribution is 5.89. The minimum atomic E-state index is -0.708. The molecule has 1 aliphatic carbocycles. The van der Waals surface area contributed by atoms with E-state index in [2.05, 4.69) is 13.0 Å². The van der Waals surface area contributed by atoms with Gasteiger partial charge >= 0.3 is 5.97 Å². The number of ketones is 1. The van der Waals surface area contributed by atoms with Crippen LogP contribution < -0.4 is 0 Å². The quantitative estimate of drug-likeness (QED) is 0.257. The third-order valence-electron chi connectivity index (χ3n) is 6.51. The Hall–Kier alpha value is -1.20. The molecular weight excluding hydrogens is 380 g/mol. The molecule has 0 aromatic carbocycles. The Bertz CT molecular complexity index is 524. The van der Waals surface area contributed by atoms with Gasteiger partial charge in [-0.3, -0.25) is 9.59 Å². The summed E-state index contributed by atoms with van der Waals surface area (Å²) in [5, 5.41) is 8.78. The summed E-state index contributed by atoms with van der Waals surface area (Å²) in [6.07, 6.45) is 18.6. The molecule has 0 spiro atoms. The van der Waals surface area contributed by atoms with Crippen LogP contribution in [0.15, 0.2) is 12.2 Å². The highest BCUT2D eigenvalue weighted by Crippen LogP contribution is 2.40. The SMILES string of the molecule is CCCCCC(=O)C=CC1CCC(OC2CCCCO2)C1CCCCCCC(=O)O. The Labute approximate surface area is 182 Å². The van der Waals surface area contributed by atoms with E-state index < -0.39 is 5.97 Å². The van der Waals surface area contributed by atoms with Crippen molar-refractivity contribution in [2.45, 2.75) is 116 Å². The van der Waals surface area contributed by atoms with Crippen LogP contribution in [0.25, 0.3) is 0 Å². The lowest BCUT2D eigenvalue weighted by Crippen LogP contribution is -2.31. The first kappa shape index (κ1) is 25.1. The number of carbonyl (C=O) groups is 2. The van der Waals surface area contributed by atoms with Gasteiger partial charge in [-0.15, -0.1) is 0 Å². The Balaban J connectivity index is 1.84. The lowest BCUT2D eigenvalue weighted by Gasteiger charge is -2.30. The van der Waals surface area contributed by atoms with E-state index in [1.54, 1.807) is 0 Å². The molecule has 2 aliphatic rings. The van der Waals surface area contributed by atoms with Crippen LogP contribution in [-0.2, 0) is 19.1 Å². The lowest BCUT2D eigenvalue weighted by atomic mass is 9.88. The topological polar surface area (TPSA) is 72.8 Å². The van der Waals surface area contributed by atoms with Crippen molar-refractivity contribution in [3.05, 3.63) is 12.2 Å². The zero-order chi connectivity index (χ0) is 21.6. The number of rotatable bonds is 15. The van der Waals surface area contributed by atoms with Crippen molar-refractivity contribution in [2.75, 3.05) is 6.61 Å². The van der Waals surface area contributed by atoms with Crippen LogP contribution in [-0.4, -0.2) is 35.9 Å². The Morgan fingerprint density at radius 1 is 1.00 bits per heavy atom. The van der Waals surface area contributed by atoms with Crippen LogP contribution in [0, 0.1) is 11.8 Å². The fraction of sp³-hybridized carbons (Fsp3) is 0.840. The predicted molar refractivity (Wildman–Crippen MR) is 118 cm³/mol. The maximum atomic E-state index is 12.2. The molecule has 0 radical (unpaired) electrons. The molecule has 5 nitrogen and oxygen atoms in total. The summed E-state index contributed by atoms with van der Waals surface area (Å²) < 4.78 is 12.2. The maximum Gasteiger partial charge on any atom is 0.303 e. The molecule has 0 aromatic heterocycles. The van der Waals surface area contributed by atoms with Crippen molar-refractivity contribution in [3.63, 3.8) is 0 Å². The number of carboxylic acid groups (broad SMARTS) is 1. The third-order valence-corrected chi connectivity index (χ3v) is 6.51. The molecule has 5 heteroatoms. The molecule has 172 valence electrons. The van der Waals surface area contributed by atoms with Gasteiger partial charge in [-0.05, 0) is 69.3 Å². The van der Waals surface area contributed by atoms with Crippen molar-refractivity contribution in [1.82, 2.24) is 0 Å². The number of carbonyl (C=O) groups excluding carboxylic acids is 1. The summed E-state index contributed by atoms with van der Waals surface area (Å²) in [7, 11) is 0. The molecule has 1 heterocycles. The monoisotopic (exact) mass is 422 g/mol. The Kier molecular flexibility index (Phi) is 12.3. The molecule has 1 saturated carbocycles. The fourth-order valence-electron chi connectivity index (χ4n) is 4.76.